The highest BCUT2D eigenvalue weighted by atomic mass is 16.5. The van der Waals surface area contributed by atoms with Crippen molar-refractivity contribution in [3.8, 4) is 0 Å². The van der Waals surface area contributed by atoms with Crippen molar-refractivity contribution >= 4 is 18.4 Å². The summed E-state index contributed by atoms with van der Waals surface area (Å²) in [5.41, 5.74) is 0. The third-order valence-electron chi connectivity index (χ3n) is 5.82. The van der Waals surface area contributed by atoms with E-state index in [2.05, 4.69) is 18.4 Å². The molecule has 0 bridgehead atoms. The first-order valence-corrected chi connectivity index (χ1v) is 12.9. The van der Waals surface area contributed by atoms with E-state index in [4.69, 9.17) is 18.9 Å². The highest BCUT2D eigenvalue weighted by Crippen LogP contribution is 2.07. The smallest absolute Gasteiger partial charge is 0.320 e. The number of unbranched alkanes of at least 4 members (excludes halogenated alkanes) is 2. The van der Waals surface area contributed by atoms with Crippen LogP contribution in [-0.2, 0) is 33.3 Å². The van der Waals surface area contributed by atoms with Crippen molar-refractivity contribution in [1.82, 2.24) is 19.6 Å². The summed E-state index contributed by atoms with van der Waals surface area (Å²) in [5.74, 6) is 0.0940. The summed E-state index contributed by atoms with van der Waals surface area (Å²) in [6.07, 6.45) is 3.79. The normalized spacial score (nSPS) is 17.1. The third kappa shape index (κ3) is 15.0. The molecule has 0 atom stereocenters. The van der Waals surface area contributed by atoms with E-state index in [1.54, 1.807) is 0 Å². The van der Waals surface area contributed by atoms with Gasteiger partial charge in [-0.2, -0.15) is 0 Å². The lowest BCUT2D eigenvalue weighted by Gasteiger charge is -2.31. The van der Waals surface area contributed by atoms with Crippen LogP contribution in [-0.4, -0.2) is 131 Å². The van der Waals surface area contributed by atoms with Crippen molar-refractivity contribution in [3.05, 3.63) is 12.3 Å². The van der Waals surface area contributed by atoms with Gasteiger partial charge in [-0.25, -0.2) is 0 Å². The lowest BCUT2D eigenvalue weighted by molar-refractivity contribution is -0.146. The van der Waals surface area contributed by atoms with Gasteiger partial charge in [0.2, 0.25) is 0 Å². The molecule has 0 radical (unpaired) electrons. The van der Waals surface area contributed by atoms with E-state index in [1.165, 1.54) is 7.11 Å². The summed E-state index contributed by atoms with van der Waals surface area (Å²) in [6.45, 7) is 14.7. The second-order valence-corrected chi connectivity index (χ2v) is 8.92. The van der Waals surface area contributed by atoms with E-state index in [0.29, 0.717) is 77.9 Å². The largest absolute Gasteiger partial charge is 0.497 e. The molecule has 1 saturated heterocycles. The zero-order valence-corrected chi connectivity index (χ0v) is 22.5. The Labute approximate surface area is 216 Å². The molecule has 0 saturated carbocycles. The third-order valence-corrected chi connectivity index (χ3v) is 5.82. The number of rotatable bonds is 16. The second-order valence-electron chi connectivity index (χ2n) is 8.92. The molecule has 0 N–H and O–H groups in total. The lowest BCUT2D eigenvalue weighted by Crippen LogP contribution is -2.45. The van der Waals surface area contributed by atoms with E-state index < -0.39 is 0 Å². The van der Waals surface area contributed by atoms with Gasteiger partial charge in [-0.1, -0.05) is 33.3 Å². The van der Waals surface area contributed by atoms with Gasteiger partial charge < -0.3 is 18.9 Å². The van der Waals surface area contributed by atoms with Gasteiger partial charge in [0.25, 0.3) is 6.47 Å². The van der Waals surface area contributed by atoms with Gasteiger partial charge in [0.15, 0.2) is 0 Å². The van der Waals surface area contributed by atoms with Gasteiger partial charge in [-0.15, -0.1) is 0 Å². The predicted molar refractivity (Wildman–Crippen MR) is 136 cm³/mol. The van der Waals surface area contributed by atoms with Crippen LogP contribution in [0.15, 0.2) is 12.3 Å². The molecule has 11 nitrogen and oxygen atoms in total. The summed E-state index contributed by atoms with van der Waals surface area (Å²) in [7, 11) is 1.38. The Balaban J connectivity index is 2.94. The average Bonchev–Trinajstić information content (AvgIpc) is 2.89. The van der Waals surface area contributed by atoms with E-state index in [0.717, 1.165) is 25.7 Å². The summed E-state index contributed by atoms with van der Waals surface area (Å²) in [6, 6.07) is 0. The maximum Gasteiger partial charge on any atom is 0.320 e. The highest BCUT2D eigenvalue weighted by Gasteiger charge is 2.21. The number of hydrogen-bond acceptors (Lipinski definition) is 11. The van der Waals surface area contributed by atoms with Crippen molar-refractivity contribution in [1.29, 1.82) is 0 Å². The van der Waals surface area contributed by atoms with Crippen LogP contribution >= 0.6 is 0 Å². The van der Waals surface area contributed by atoms with E-state index >= 15 is 0 Å². The van der Waals surface area contributed by atoms with Crippen LogP contribution in [0.3, 0.4) is 0 Å². The van der Waals surface area contributed by atoms with Gasteiger partial charge in [0.1, 0.15) is 12.5 Å². The Morgan fingerprint density at radius 1 is 0.778 bits per heavy atom. The number of carbonyl (C=O) groups is 3. The minimum Gasteiger partial charge on any atom is -0.497 e. The number of methoxy groups -OCH3 is 1. The summed E-state index contributed by atoms with van der Waals surface area (Å²) in [5, 5.41) is 0. The lowest BCUT2D eigenvalue weighted by atomic mass is 10.3. The predicted octanol–water partition coefficient (Wildman–Crippen LogP) is 1.14. The molecule has 0 aliphatic carbocycles. The molecule has 0 spiro atoms. The summed E-state index contributed by atoms with van der Waals surface area (Å²) < 4.78 is 21.1. The van der Waals surface area contributed by atoms with Gasteiger partial charge in [-0.3, -0.25) is 34.0 Å². The summed E-state index contributed by atoms with van der Waals surface area (Å²) in [4.78, 5) is 43.5. The molecule has 36 heavy (non-hydrogen) atoms. The molecule has 1 fully saturated rings. The van der Waals surface area contributed by atoms with Gasteiger partial charge in [0.05, 0.1) is 46.6 Å². The molecule has 208 valence electrons. The van der Waals surface area contributed by atoms with Crippen molar-refractivity contribution in [2.24, 2.45) is 0 Å². The highest BCUT2D eigenvalue weighted by molar-refractivity contribution is 5.72. The fourth-order valence-corrected chi connectivity index (χ4v) is 3.64. The summed E-state index contributed by atoms with van der Waals surface area (Å²) >= 11 is 0. The Kier molecular flexibility index (Phi) is 17.6. The van der Waals surface area contributed by atoms with Crippen molar-refractivity contribution in [3.63, 3.8) is 0 Å². The van der Waals surface area contributed by atoms with Crippen molar-refractivity contribution in [2.45, 2.75) is 39.5 Å². The Hall–Kier alpha value is -2.21. The van der Waals surface area contributed by atoms with Gasteiger partial charge in [-0.05, 0) is 12.8 Å². The maximum atomic E-state index is 12.4. The molecule has 11 heteroatoms. The SMILES string of the molecule is C=C(CN1CCN(CC(=O)OC)CCN(CC(=O)OCCCC)CCN(COC=O)C1)OCCCC. The molecule has 0 aromatic rings. The molecule has 0 unspecified atom stereocenters. The molecule has 0 amide bonds. The maximum absolute atomic E-state index is 12.4. The molecule has 1 aliphatic heterocycles. The molecular formula is C25H46N4O7. The van der Waals surface area contributed by atoms with Crippen LogP contribution in [0.4, 0.5) is 0 Å². The zero-order valence-electron chi connectivity index (χ0n) is 22.5. The number of nitrogens with zero attached hydrogens (tertiary/aromatic N) is 4. The minimum absolute atomic E-state index is 0.129. The fourth-order valence-electron chi connectivity index (χ4n) is 3.64. The van der Waals surface area contributed by atoms with E-state index in [-0.39, 0.29) is 31.8 Å². The Morgan fingerprint density at radius 3 is 1.86 bits per heavy atom. The number of ether oxygens (including phenoxy) is 4. The molecule has 1 heterocycles. The first-order chi connectivity index (χ1) is 17.4. The number of hydrogen-bond donors (Lipinski definition) is 0. The van der Waals surface area contributed by atoms with Crippen LogP contribution in [0, 0.1) is 0 Å². The Morgan fingerprint density at radius 2 is 1.31 bits per heavy atom. The van der Waals surface area contributed by atoms with Crippen molar-refractivity contribution < 1.29 is 33.3 Å². The topological polar surface area (TPSA) is 101 Å². The molecular weight excluding hydrogens is 468 g/mol. The van der Waals surface area contributed by atoms with Crippen LogP contribution in [0.25, 0.3) is 0 Å². The van der Waals surface area contributed by atoms with Gasteiger partial charge in [0, 0.05) is 39.3 Å². The minimum atomic E-state index is -0.310. The fraction of sp³-hybridized carbons (Fsp3) is 0.800. The van der Waals surface area contributed by atoms with Crippen LogP contribution < -0.4 is 0 Å². The number of carbonyl (C=O) groups excluding carboxylic acids is 3. The van der Waals surface area contributed by atoms with Crippen LogP contribution in [0.2, 0.25) is 0 Å². The van der Waals surface area contributed by atoms with E-state index in [9.17, 15) is 14.4 Å². The first-order valence-electron chi connectivity index (χ1n) is 12.9. The standard InChI is InChI=1S/C25H46N4O7/c1-5-7-15-35-23(3)17-28-13-11-26(18-24(31)33-4)9-10-27(19-25(32)36-16-8-6-2)12-14-29(20-28)21-34-22-30/h22H,3,5-21H2,1-2,4H3. The van der Waals surface area contributed by atoms with Crippen LogP contribution in [0.5, 0.6) is 0 Å². The van der Waals surface area contributed by atoms with Gasteiger partial charge >= 0.3 is 11.9 Å². The average molecular weight is 515 g/mol. The van der Waals surface area contributed by atoms with Crippen molar-refractivity contribution in [2.75, 3.05) is 92.6 Å². The van der Waals surface area contributed by atoms with Crippen LogP contribution in [0.1, 0.15) is 39.5 Å². The molecule has 0 aromatic carbocycles. The second kappa shape index (κ2) is 19.9. The quantitative estimate of drug-likeness (QED) is 0.0974. The zero-order chi connectivity index (χ0) is 26.6. The number of esters is 2. The molecule has 1 aliphatic rings. The Bertz CT molecular complexity index is 650. The van der Waals surface area contributed by atoms with E-state index in [1.807, 2.05) is 21.6 Å². The molecule has 1 rings (SSSR count). The monoisotopic (exact) mass is 514 g/mol. The molecule has 0 aromatic heterocycles. The first kappa shape index (κ1) is 31.8.